The summed E-state index contributed by atoms with van der Waals surface area (Å²) in [5.41, 5.74) is 0. The van der Waals surface area contributed by atoms with E-state index in [9.17, 15) is 9.59 Å². The minimum absolute atomic E-state index is 0.143. The van der Waals surface area contributed by atoms with Crippen molar-refractivity contribution >= 4 is 41.2 Å². The van der Waals surface area contributed by atoms with E-state index in [0.29, 0.717) is 12.8 Å². The van der Waals surface area contributed by atoms with E-state index in [0.717, 1.165) is 12.8 Å². The summed E-state index contributed by atoms with van der Waals surface area (Å²) in [7, 11) is 0. The van der Waals surface area contributed by atoms with Gasteiger partial charge in [0, 0.05) is 12.8 Å². The van der Waals surface area contributed by atoms with Crippen molar-refractivity contribution in [2.24, 2.45) is 0 Å². The van der Waals surface area contributed by atoms with E-state index in [2.05, 4.69) is 31.9 Å². The SMILES string of the molecule is O=C(Br)CCCCCCCCCCCCCCCCC(=O)Br. The molecule has 0 radical (unpaired) electrons. The molecule has 0 saturated carbocycles. The fourth-order valence-electron chi connectivity index (χ4n) is 2.65. The van der Waals surface area contributed by atoms with Crippen molar-refractivity contribution in [1.82, 2.24) is 0 Å². The molecule has 0 fully saturated rings. The van der Waals surface area contributed by atoms with Crippen LogP contribution in [0.1, 0.15) is 103 Å². The molecule has 2 nitrogen and oxygen atoms in total. The van der Waals surface area contributed by atoms with Gasteiger partial charge < -0.3 is 0 Å². The lowest BCUT2D eigenvalue weighted by Gasteiger charge is -2.03. The van der Waals surface area contributed by atoms with Gasteiger partial charge in [-0.1, -0.05) is 77.0 Å². The largest absolute Gasteiger partial charge is 0.287 e. The van der Waals surface area contributed by atoms with Crippen molar-refractivity contribution < 1.29 is 9.59 Å². The predicted molar refractivity (Wildman–Crippen MR) is 102 cm³/mol. The van der Waals surface area contributed by atoms with Gasteiger partial charge in [-0.2, -0.15) is 0 Å². The molecular weight excluding hydrogens is 408 g/mol. The molecular formula is C18H32Br2O2. The maximum atomic E-state index is 10.7. The summed E-state index contributed by atoms with van der Waals surface area (Å²) in [6, 6.07) is 0. The molecule has 0 unspecified atom stereocenters. The normalized spacial score (nSPS) is 10.8. The summed E-state index contributed by atoms with van der Waals surface area (Å²) >= 11 is 5.93. The van der Waals surface area contributed by atoms with Crippen molar-refractivity contribution in [1.29, 1.82) is 0 Å². The standard InChI is InChI=1S/C18H32Br2O2/c19-17(21)15-13-11-9-7-5-3-1-2-4-6-8-10-12-14-16-18(20)22/h1-16H2. The van der Waals surface area contributed by atoms with Crippen molar-refractivity contribution in [2.75, 3.05) is 0 Å². The third-order valence-electron chi connectivity index (χ3n) is 4.00. The van der Waals surface area contributed by atoms with Crippen molar-refractivity contribution in [3.63, 3.8) is 0 Å². The van der Waals surface area contributed by atoms with Crippen LogP contribution in [-0.2, 0) is 9.59 Å². The first-order chi connectivity index (χ1) is 10.6. The lowest BCUT2D eigenvalue weighted by atomic mass is 10.0. The average molecular weight is 440 g/mol. The number of rotatable bonds is 17. The quantitative estimate of drug-likeness (QED) is 0.179. The molecule has 0 atom stereocenters. The molecule has 0 aliphatic carbocycles. The molecule has 0 amide bonds. The molecule has 0 aromatic carbocycles. The Balaban J connectivity index is 2.99. The predicted octanol–water partition coefficient (Wildman–Crippen LogP) is 7.07. The van der Waals surface area contributed by atoms with Gasteiger partial charge in [0.2, 0.25) is 0 Å². The molecule has 0 bridgehead atoms. The van der Waals surface area contributed by atoms with Crippen molar-refractivity contribution in [3.8, 4) is 0 Å². The van der Waals surface area contributed by atoms with E-state index in [1.54, 1.807) is 0 Å². The van der Waals surface area contributed by atoms with Crippen LogP contribution in [0.4, 0.5) is 0 Å². The Morgan fingerprint density at radius 2 is 0.591 bits per heavy atom. The lowest BCUT2D eigenvalue weighted by molar-refractivity contribution is -0.111. The zero-order valence-electron chi connectivity index (χ0n) is 13.9. The number of hydrogen-bond acceptors (Lipinski definition) is 2. The maximum Gasteiger partial charge on any atom is 0.197 e. The monoisotopic (exact) mass is 438 g/mol. The van der Waals surface area contributed by atoms with Crippen LogP contribution in [0.25, 0.3) is 0 Å². The summed E-state index contributed by atoms with van der Waals surface area (Å²) in [6.45, 7) is 0. The highest BCUT2D eigenvalue weighted by molar-refractivity contribution is 9.18. The molecule has 4 heteroatoms. The fraction of sp³-hybridized carbons (Fsp3) is 0.889. The van der Waals surface area contributed by atoms with Crippen LogP contribution in [0.5, 0.6) is 0 Å². The third kappa shape index (κ3) is 20.3. The van der Waals surface area contributed by atoms with Gasteiger partial charge in [-0.3, -0.25) is 9.59 Å². The minimum Gasteiger partial charge on any atom is -0.287 e. The summed E-state index contributed by atoms with van der Waals surface area (Å²) in [6.07, 6.45) is 19.2. The third-order valence-corrected chi connectivity index (χ3v) is 4.79. The zero-order chi connectivity index (χ0) is 16.5. The Hall–Kier alpha value is 0.300. The van der Waals surface area contributed by atoms with E-state index >= 15 is 0 Å². The van der Waals surface area contributed by atoms with Gasteiger partial charge in [0.05, 0.1) is 0 Å². The van der Waals surface area contributed by atoms with Crippen molar-refractivity contribution in [3.05, 3.63) is 0 Å². The topological polar surface area (TPSA) is 34.1 Å². The van der Waals surface area contributed by atoms with E-state index in [1.807, 2.05) is 0 Å². The molecule has 22 heavy (non-hydrogen) atoms. The smallest absolute Gasteiger partial charge is 0.197 e. The Bertz CT molecular complexity index is 252. The Labute approximate surface area is 153 Å². The number of halogens is 2. The van der Waals surface area contributed by atoms with Gasteiger partial charge in [-0.05, 0) is 44.7 Å². The fourth-order valence-corrected chi connectivity index (χ4v) is 3.21. The molecule has 0 aliphatic rings. The van der Waals surface area contributed by atoms with Crippen LogP contribution in [0, 0.1) is 0 Å². The Morgan fingerprint density at radius 3 is 0.773 bits per heavy atom. The van der Waals surface area contributed by atoms with Crippen LogP contribution in [-0.4, -0.2) is 9.39 Å². The molecule has 0 heterocycles. The number of carbonyl (C=O) groups is 2. The van der Waals surface area contributed by atoms with E-state index in [4.69, 9.17) is 0 Å². The summed E-state index contributed by atoms with van der Waals surface area (Å²) in [4.78, 5) is 21.4. The molecule has 0 aromatic rings. The Morgan fingerprint density at radius 1 is 0.409 bits per heavy atom. The Kier molecular flexibility index (Phi) is 17.9. The molecule has 0 N–H and O–H groups in total. The van der Waals surface area contributed by atoms with Crippen LogP contribution < -0.4 is 0 Å². The molecule has 0 saturated heterocycles. The second-order valence-electron chi connectivity index (χ2n) is 6.16. The van der Waals surface area contributed by atoms with Gasteiger partial charge in [0.25, 0.3) is 0 Å². The van der Waals surface area contributed by atoms with Gasteiger partial charge >= 0.3 is 0 Å². The first-order valence-electron chi connectivity index (χ1n) is 8.99. The first-order valence-corrected chi connectivity index (χ1v) is 10.6. The summed E-state index contributed by atoms with van der Waals surface area (Å²) in [5, 5.41) is 0. The van der Waals surface area contributed by atoms with Crippen LogP contribution in [0.2, 0.25) is 0 Å². The zero-order valence-corrected chi connectivity index (χ0v) is 17.1. The first kappa shape index (κ1) is 22.3. The molecule has 130 valence electrons. The van der Waals surface area contributed by atoms with Crippen LogP contribution in [0.15, 0.2) is 0 Å². The number of unbranched alkanes of at least 4 members (excludes halogenated alkanes) is 13. The lowest BCUT2D eigenvalue weighted by Crippen LogP contribution is -1.87. The van der Waals surface area contributed by atoms with Gasteiger partial charge in [-0.15, -0.1) is 0 Å². The summed E-state index contributed by atoms with van der Waals surface area (Å²) < 4.78 is 0.285. The second kappa shape index (κ2) is 17.7. The maximum absolute atomic E-state index is 10.7. The van der Waals surface area contributed by atoms with Gasteiger partial charge in [0.15, 0.2) is 9.39 Å². The van der Waals surface area contributed by atoms with E-state index in [-0.39, 0.29) is 9.39 Å². The van der Waals surface area contributed by atoms with Crippen LogP contribution in [0.3, 0.4) is 0 Å². The van der Waals surface area contributed by atoms with E-state index < -0.39 is 0 Å². The molecule has 0 aliphatic heterocycles. The highest BCUT2D eigenvalue weighted by atomic mass is 79.9. The minimum atomic E-state index is 0.143. The second-order valence-corrected chi connectivity index (χ2v) is 7.93. The number of carbonyl (C=O) groups excluding carboxylic acids is 2. The van der Waals surface area contributed by atoms with Gasteiger partial charge in [-0.25, -0.2) is 0 Å². The van der Waals surface area contributed by atoms with Crippen molar-refractivity contribution in [2.45, 2.75) is 103 Å². The highest BCUT2D eigenvalue weighted by Gasteiger charge is 1.97. The molecule has 0 aromatic heterocycles. The number of hydrogen-bond donors (Lipinski definition) is 0. The van der Waals surface area contributed by atoms with E-state index in [1.165, 1.54) is 77.0 Å². The molecule has 0 rings (SSSR count). The molecule has 0 spiro atoms. The average Bonchev–Trinajstić information content (AvgIpc) is 2.46. The highest BCUT2D eigenvalue weighted by Crippen LogP contribution is 2.14. The van der Waals surface area contributed by atoms with Gasteiger partial charge in [0.1, 0.15) is 0 Å². The summed E-state index contributed by atoms with van der Waals surface area (Å²) in [5.74, 6) is 0. The van der Waals surface area contributed by atoms with Crippen LogP contribution >= 0.6 is 31.9 Å².